The fourth-order valence-corrected chi connectivity index (χ4v) is 2.65. The molecule has 0 radical (unpaired) electrons. The Bertz CT molecular complexity index is 503. The highest BCUT2D eigenvalue weighted by Gasteiger charge is 2.32. The summed E-state index contributed by atoms with van der Waals surface area (Å²) in [7, 11) is 0. The smallest absolute Gasteiger partial charge is 0.234 e. The molecule has 0 aromatic carbocycles. The first kappa shape index (κ1) is 12.8. The van der Waals surface area contributed by atoms with Gasteiger partial charge in [0.15, 0.2) is 0 Å². The molecule has 0 aliphatic carbocycles. The number of piperidine rings is 1. The lowest BCUT2D eigenvalue weighted by atomic mass is 9.89. The van der Waals surface area contributed by atoms with Gasteiger partial charge in [0.05, 0.1) is 11.6 Å². The molecule has 1 aromatic heterocycles. The largest absolute Gasteiger partial charge is 0.296 e. The summed E-state index contributed by atoms with van der Waals surface area (Å²) in [6.07, 6.45) is 0.984. The Morgan fingerprint density at radius 2 is 2.00 bits per heavy atom. The molecule has 1 N–H and O–H groups in total. The average molecular weight is 249 g/mol. The molecule has 1 aromatic rings. The molecule has 1 aliphatic rings. The van der Waals surface area contributed by atoms with Crippen molar-refractivity contribution < 1.29 is 9.59 Å². The molecule has 1 saturated heterocycles. The first-order chi connectivity index (χ1) is 8.41. The van der Waals surface area contributed by atoms with E-state index in [1.165, 1.54) is 0 Å². The molecule has 1 aliphatic heterocycles. The van der Waals surface area contributed by atoms with Crippen molar-refractivity contribution in [3.05, 3.63) is 17.0 Å². The van der Waals surface area contributed by atoms with Gasteiger partial charge in [-0.1, -0.05) is 0 Å². The number of amides is 2. The Labute approximate surface area is 107 Å². The van der Waals surface area contributed by atoms with Crippen molar-refractivity contribution in [1.82, 2.24) is 15.1 Å². The normalized spacial score (nSPS) is 20.4. The maximum absolute atomic E-state index is 11.9. The number of imide groups is 1. The number of nitrogens with zero attached hydrogens (tertiary/aromatic N) is 2. The van der Waals surface area contributed by atoms with Gasteiger partial charge in [0.25, 0.3) is 0 Å². The minimum atomic E-state index is -0.241. The van der Waals surface area contributed by atoms with Gasteiger partial charge in [-0.05, 0) is 34.1 Å². The summed E-state index contributed by atoms with van der Waals surface area (Å²) >= 11 is 0. The van der Waals surface area contributed by atoms with Crippen LogP contribution in [0.15, 0.2) is 0 Å². The molecule has 5 heteroatoms. The van der Waals surface area contributed by atoms with Gasteiger partial charge < -0.3 is 0 Å². The van der Waals surface area contributed by atoms with Crippen LogP contribution in [0.2, 0.25) is 0 Å². The van der Waals surface area contributed by atoms with Crippen molar-refractivity contribution in [2.45, 2.75) is 52.5 Å². The van der Waals surface area contributed by atoms with E-state index in [1.807, 2.05) is 18.5 Å². The Balaban J connectivity index is 2.39. The second kappa shape index (κ2) is 4.55. The zero-order valence-corrected chi connectivity index (χ0v) is 11.3. The van der Waals surface area contributed by atoms with Crippen molar-refractivity contribution >= 4 is 11.8 Å². The first-order valence-corrected chi connectivity index (χ1v) is 6.31. The van der Waals surface area contributed by atoms with E-state index in [1.54, 1.807) is 0 Å². The van der Waals surface area contributed by atoms with Gasteiger partial charge in [0.1, 0.15) is 0 Å². The summed E-state index contributed by atoms with van der Waals surface area (Å²) in [5.41, 5.74) is 2.89. The lowest BCUT2D eigenvalue weighted by molar-refractivity contribution is -0.134. The van der Waals surface area contributed by atoms with Gasteiger partial charge in [0.2, 0.25) is 11.8 Å². The molecule has 0 spiro atoms. The van der Waals surface area contributed by atoms with Gasteiger partial charge in [0, 0.05) is 23.7 Å². The van der Waals surface area contributed by atoms with Crippen molar-refractivity contribution in [2.75, 3.05) is 0 Å². The average Bonchev–Trinajstić information content (AvgIpc) is 2.56. The monoisotopic (exact) mass is 249 g/mol. The van der Waals surface area contributed by atoms with Crippen LogP contribution in [-0.4, -0.2) is 21.6 Å². The van der Waals surface area contributed by atoms with E-state index in [0.717, 1.165) is 17.0 Å². The fraction of sp³-hybridized carbons (Fsp3) is 0.615. The van der Waals surface area contributed by atoms with Crippen molar-refractivity contribution in [3.8, 4) is 0 Å². The Morgan fingerprint density at radius 3 is 2.50 bits per heavy atom. The lowest BCUT2D eigenvalue weighted by Gasteiger charge is -2.21. The van der Waals surface area contributed by atoms with Crippen LogP contribution in [0.5, 0.6) is 0 Å². The molecule has 98 valence electrons. The SMILES string of the molecule is Cc1nn(C(C)C)c(C)c1C1CCC(=O)NC1=O. The van der Waals surface area contributed by atoms with Crippen LogP contribution in [-0.2, 0) is 9.59 Å². The molecule has 0 saturated carbocycles. The third-order valence-electron chi connectivity index (χ3n) is 3.46. The molecule has 5 nitrogen and oxygen atoms in total. The number of rotatable bonds is 2. The summed E-state index contributed by atoms with van der Waals surface area (Å²) < 4.78 is 1.94. The predicted octanol–water partition coefficient (Wildman–Crippen LogP) is 1.60. The lowest BCUT2D eigenvalue weighted by Crippen LogP contribution is -2.39. The van der Waals surface area contributed by atoms with E-state index in [9.17, 15) is 9.59 Å². The predicted molar refractivity (Wildman–Crippen MR) is 67.2 cm³/mol. The quantitative estimate of drug-likeness (QED) is 0.810. The highest BCUT2D eigenvalue weighted by Crippen LogP contribution is 2.30. The number of carbonyl (C=O) groups excluding carboxylic acids is 2. The van der Waals surface area contributed by atoms with Crippen LogP contribution in [0.3, 0.4) is 0 Å². The maximum atomic E-state index is 11.9. The van der Waals surface area contributed by atoms with Gasteiger partial charge in [-0.15, -0.1) is 0 Å². The van der Waals surface area contributed by atoms with E-state index >= 15 is 0 Å². The highest BCUT2D eigenvalue weighted by molar-refractivity contribution is 6.01. The van der Waals surface area contributed by atoms with Crippen LogP contribution < -0.4 is 5.32 Å². The van der Waals surface area contributed by atoms with Crippen LogP contribution in [0.1, 0.15) is 55.6 Å². The third-order valence-corrected chi connectivity index (χ3v) is 3.46. The zero-order chi connectivity index (χ0) is 13.4. The first-order valence-electron chi connectivity index (χ1n) is 6.31. The second-order valence-corrected chi connectivity index (χ2v) is 5.13. The molecule has 2 rings (SSSR count). The molecule has 1 unspecified atom stereocenters. The zero-order valence-electron chi connectivity index (χ0n) is 11.3. The van der Waals surface area contributed by atoms with Gasteiger partial charge in [-0.25, -0.2) is 0 Å². The van der Waals surface area contributed by atoms with Gasteiger partial charge in [-0.2, -0.15) is 5.10 Å². The van der Waals surface area contributed by atoms with Crippen LogP contribution in [0, 0.1) is 13.8 Å². The van der Waals surface area contributed by atoms with E-state index in [-0.39, 0.29) is 23.8 Å². The standard InChI is InChI=1S/C13H19N3O2/c1-7(2)16-9(4)12(8(3)15-16)10-5-6-11(17)14-13(10)18/h7,10H,5-6H2,1-4H3,(H,14,17,18). The molecular weight excluding hydrogens is 230 g/mol. The Hall–Kier alpha value is -1.65. The number of aryl methyl sites for hydroxylation is 1. The van der Waals surface area contributed by atoms with E-state index in [0.29, 0.717) is 12.8 Å². The van der Waals surface area contributed by atoms with Crippen molar-refractivity contribution in [2.24, 2.45) is 0 Å². The number of carbonyl (C=O) groups is 2. The molecular formula is C13H19N3O2. The molecule has 18 heavy (non-hydrogen) atoms. The highest BCUT2D eigenvalue weighted by atomic mass is 16.2. The summed E-state index contributed by atoms with van der Waals surface area (Å²) in [4.78, 5) is 23.1. The summed E-state index contributed by atoms with van der Waals surface area (Å²) in [6.45, 7) is 8.03. The maximum Gasteiger partial charge on any atom is 0.234 e. The molecule has 0 bridgehead atoms. The number of aromatic nitrogens is 2. The number of hydrogen-bond acceptors (Lipinski definition) is 3. The minimum Gasteiger partial charge on any atom is -0.296 e. The molecule has 1 atom stereocenters. The number of nitrogens with one attached hydrogen (secondary N) is 1. The fourth-order valence-electron chi connectivity index (χ4n) is 2.65. The number of hydrogen-bond donors (Lipinski definition) is 1. The van der Waals surface area contributed by atoms with Crippen LogP contribution in [0.25, 0.3) is 0 Å². The van der Waals surface area contributed by atoms with E-state index in [4.69, 9.17) is 0 Å². The molecule has 1 fully saturated rings. The second-order valence-electron chi connectivity index (χ2n) is 5.13. The van der Waals surface area contributed by atoms with Gasteiger partial charge in [-0.3, -0.25) is 19.6 Å². The Morgan fingerprint density at radius 1 is 1.33 bits per heavy atom. The van der Waals surface area contributed by atoms with E-state index < -0.39 is 0 Å². The van der Waals surface area contributed by atoms with Crippen LogP contribution in [0.4, 0.5) is 0 Å². The minimum absolute atomic E-state index is 0.178. The summed E-state index contributed by atoms with van der Waals surface area (Å²) in [6, 6.07) is 0.269. The van der Waals surface area contributed by atoms with Crippen LogP contribution >= 0.6 is 0 Å². The van der Waals surface area contributed by atoms with E-state index in [2.05, 4.69) is 24.3 Å². The van der Waals surface area contributed by atoms with Crippen molar-refractivity contribution in [1.29, 1.82) is 0 Å². The summed E-state index contributed by atoms with van der Waals surface area (Å²) in [5.74, 6) is -0.612. The van der Waals surface area contributed by atoms with Crippen molar-refractivity contribution in [3.63, 3.8) is 0 Å². The Kier molecular flexibility index (Phi) is 3.24. The third kappa shape index (κ3) is 2.05. The van der Waals surface area contributed by atoms with Gasteiger partial charge >= 0.3 is 0 Å². The summed E-state index contributed by atoms with van der Waals surface area (Å²) in [5, 5.41) is 6.90. The molecule has 2 heterocycles. The topological polar surface area (TPSA) is 64.0 Å². The molecule has 2 amide bonds.